The Morgan fingerprint density at radius 1 is 1.33 bits per heavy atom. The van der Waals surface area contributed by atoms with Crippen LogP contribution < -0.4 is 10.5 Å². The Bertz CT molecular complexity index is 561. The molecular formula is C12H13F2N3O. The summed E-state index contributed by atoms with van der Waals surface area (Å²) in [4.78, 5) is 0. The van der Waals surface area contributed by atoms with E-state index >= 15 is 0 Å². The molecule has 18 heavy (non-hydrogen) atoms. The molecule has 0 unspecified atom stereocenters. The number of rotatable bonds is 3. The molecule has 2 rings (SSSR count). The van der Waals surface area contributed by atoms with E-state index in [2.05, 4.69) is 10.2 Å². The third-order valence-corrected chi connectivity index (χ3v) is 2.67. The van der Waals surface area contributed by atoms with Gasteiger partial charge in [-0.25, -0.2) is 8.78 Å². The van der Waals surface area contributed by atoms with E-state index in [0.717, 1.165) is 6.92 Å². The van der Waals surface area contributed by atoms with Crippen LogP contribution >= 0.6 is 0 Å². The van der Waals surface area contributed by atoms with Crippen LogP contribution in [0.25, 0.3) is 11.1 Å². The van der Waals surface area contributed by atoms with Crippen molar-refractivity contribution in [2.24, 2.45) is 0 Å². The molecule has 0 fully saturated rings. The molecule has 2 aromatic rings. The van der Waals surface area contributed by atoms with Crippen LogP contribution in [0, 0.1) is 0 Å². The number of nitrogens with two attached hydrogens (primary N) is 1. The third-order valence-electron chi connectivity index (χ3n) is 2.67. The SMILES string of the molecule is COc1ccc(C(C)(F)F)cc1-c1cn[nH]c1N. The van der Waals surface area contributed by atoms with Gasteiger partial charge in [0.1, 0.15) is 11.6 Å². The Hall–Kier alpha value is -2.11. The molecule has 0 atom stereocenters. The first-order chi connectivity index (χ1) is 8.43. The van der Waals surface area contributed by atoms with Crippen molar-refractivity contribution < 1.29 is 13.5 Å². The number of hydrogen-bond donors (Lipinski definition) is 2. The van der Waals surface area contributed by atoms with E-state index in [-0.39, 0.29) is 5.56 Å². The highest BCUT2D eigenvalue weighted by Crippen LogP contribution is 2.37. The standard InChI is InChI=1S/C12H13F2N3O/c1-12(13,14)7-3-4-10(18-2)8(5-7)9-6-16-17-11(9)15/h3-6H,1-2H3,(H3,15,16,17). The summed E-state index contributed by atoms with van der Waals surface area (Å²) < 4.78 is 31.8. The monoisotopic (exact) mass is 253 g/mol. The predicted molar refractivity (Wildman–Crippen MR) is 64.6 cm³/mol. The zero-order chi connectivity index (χ0) is 13.3. The van der Waals surface area contributed by atoms with Gasteiger partial charge in [-0.15, -0.1) is 0 Å². The number of methoxy groups -OCH3 is 1. The van der Waals surface area contributed by atoms with Gasteiger partial charge in [0.05, 0.1) is 13.3 Å². The van der Waals surface area contributed by atoms with E-state index in [9.17, 15) is 8.78 Å². The van der Waals surface area contributed by atoms with Gasteiger partial charge in [-0.2, -0.15) is 5.10 Å². The molecule has 3 N–H and O–H groups in total. The summed E-state index contributed by atoms with van der Waals surface area (Å²) in [5.74, 6) is -2.14. The Labute approximate surface area is 103 Å². The zero-order valence-corrected chi connectivity index (χ0v) is 10.00. The molecule has 96 valence electrons. The lowest BCUT2D eigenvalue weighted by molar-refractivity contribution is 0.0175. The van der Waals surface area contributed by atoms with Gasteiger partial charge >= 0.3 is 0 Å². The van der Waals surface area contributed by atoms with E-state index < -0.39 is 5.92 Å². The molecule has 0 saturated carbocycles. The maximum absolute atomic E-state index is 13.3. The average molecular weight is 253 g/mol. The molecule has 0 amide bonds. The molecule has 4 nitrogen and oxygen atoms in total. The van der Waals surface area contributed by atoms with Crippen LogP contribution in [0.4, 0.5) is 14.6 Å². The lowest BCUT2D eigenvalue weighted by Crippen LogP contribution is -2.07. The normalized spacial score (nSPS) is 11.6. The summed E-state index contributed by atoms with van der Waals surface area (Å²) in [5, 5.41) is 6.33. The number of H-pyrrole nitrogens is 1. The highest BCUT2D eigenvalue weighted by Gasteiger charge is 2.26. The lowest BCUT2D eigenvalue weighted by Gasteiger charge is -2.14. The van der Waals surface area contributed by atoms with Crippen molar-refractivity contribution in [3.63, 3.8) is 0 Å². The fourth-order valence-corrected chi connectivity index (χ4v) is 1.70. The molecule has 0 aliphatic carbocycles. The smallest absolute Gasteiger partial charge is 0.270 e. The second-order valence-corrected chi connectivity index (χ2v) is 4.00. The summed E-state index contributed by atoms with van der Waals surface area (Å²) >= 11 is 0. The van der Waals surface area contributed by atoms with Crippen LogP contribution in [-0.2, 0) is 5.92 Å². The molecule has 0 bridgehead atoms. The Morgan fingerprint density at radius 3 is 2.56 bits per heavy atom. The molecule has 1 heterocycles. The summed E-state index contributed by atoms with van der Waals surface area (Å²) in [6, 6.07) is 4.19. The number of nitrogens with one attached hydrogen (secondary N) is 1. The van der Waals surface area contributed by atoms with Crippen molar-refractivity contribution in [2.75, 3.05) is 12.8 Å². The number of halogens is 2. The van der Waals surface area contributed by atoms with Crippen molar-refractivity contribution in [3.05, 3.63) is 30.0 Å². The Balaban J connectivity index is 2.61. The lowest BCUT2D eigenvalue weighted by atomic mass is 10.0. The fraction of sp³-hybridized carbons (Fsp3) is 0.250. The fourth-order valence-electron chi connectivity index (χ4n) is 1.70. The maximum atomic E-state index is 13.3. The number of alkyl halides is 2. The summed E-state index contributed by atoms with van der Waals surface area (Å²) in [6.07, 6.45) is 1.48. The van der Waals surface area contributed by atoms with Gasteiger partial charge in [-0.05, 0) is 18.2 Å². The zero-order valence-electron chi connectivity index (χ0n) is 10.00. The molecule has 0 aliphatic heterocycles. The largest absolute Gasteiger partial charge is 0.496 e. The number of aromatic amines is 1. The van der Waals surface area contributed by atoms with Gasteiger partial charge in [0.15, 0.2) is 0 Å². The number of benzene rings is 1. The van der Waals surface area contributed by atoms with E-state index in [1.54, 1.807) is 0 Å². The van der Waals surface area contributed by atoms with Gasteiger partial charge in [0.25, 0.3) is 5.92 Å². The number of anilines is 1. The minimum absolute atomic E-state index is 0.0982. The predicted octanol–water partition coefficient (Wildman–Crippen LogP) is 2.78. The number of nitrogen functional groups attached to an aromatic ring is 1. The molecule has 1 aromatic heterocycles. The number of nitrogens with zero attached hydrogens (tertiary/aromatic N) is 1. The van der Waals surface area contributed by atoms with Gasteiger partial charge in [-0.1, -0.05) is 0 Å². The second-order valence-electron chi connectivity index (χ2n) is 4.00. The van der Waals surface area contributed by atoms with E-state index in [1.807, 2.05) is 0 Å². The van der Waals surface area contributed by atoms with Crippen molar-refractivity contribution in [1.29, 1.82) is 0 Å². The molecule has 1 aromatic carbocycles. The first kappa shape index (κ1) is 12.3. The van der Waals surface area contributed by atoms with Crippen LogP contribution in [0.2, 0.25) is 0 Å². The van der Waals surface area contributed by atoms with Gasteiger partial charge in [-0.3, -0.25) is 5.10 Å². The molecule has 0 radical (unpaired) electrons. The highest BCUT2D eigenvalue weighted by atomic mass is 19.3. The summed E-state index contributed by atoms with van der Waals surface area (Å²) in [6.45, 7) is 0.845. The van der Waals surface area contributed by atoms with Gasteiger partial charge < -0.3 is 10.5 Å². The van der Waals surface area contributed by atoms with Crippen LogP contribution in [0.3, 0.4) is 0 Å². The number of aromatic nitrogens is 2. The van der Waals surface area contributed by atoms with Crippen LogP contribution in [-0.4, -0.2) is 17.3 Å². The van der Waals surface area contributed by atoms with Crippen LogP contribution in [0.1, 0.15) is 12.5 Å². The van der Waals surface area contributed by atoms with E-state index in [4.69, 9.17) is 10.5 Å². The first-order valence-corrected chi connectivity index (χ1v) is 5.29. The van der Waals surface area contributed by atoms with Crippen molar-refractivity contribution in [1.82, 2.24) is 10.2 Å². The summed E-state index contributed by atoms with van der Waals surface area (Å²) in [7, 11) is 1.47. The summed E-state index contributed by atoms with van der Waals surface area (Å²) in [5.41, 5.74) is 6.62. The van der Waals surface area contributed by atoms with Crippen molar-refractivity contribution >= 4 is 5.82 Å². The molecule has 0 saturated heterocycles. The number of hydrogen-bond acceptors (Lipinski definition) is 3. The van der Waals surface area contributed by atoms with Crippen molar-refractivity contribution in [3.8, 4) is 16.9 Å². The highest BCUT2D eigenvalue weighted by molar-refractivity contribution is 5.78. The minimum atomic E-state index is -2.92. The Kier molecular flexibility index (Phi) is 2.94. The van der Waals surface area contributed by atoms with Crippen molar-refractivity contribution in [2.45, 2.75) is 12.8 Å². The minimum Gasteiger partial charge on any atom is -0.496 e. The average Bonchev–Trinajstić information content (AvgIpc) is 2.73. The Morgan fingerprint density at radius 2 is 2.06 bits per heavy atom. The van der Waals surface area contributed by atoms with Crippen LogP contribution in [0.15, 0.2) is 24.4 Å². The van der Waals surface area contributed by atoms with Crippen LogP contribution in [0.5, 0.6) is 5.75 Å². The maximum Gasteiger partial charge on any atom is 0.270 e. The van der Waals surface area contributed by atoms with Gasteiger partial charge in [0.2, 0.25) is 0 Å². The molecular weight excluding hydrogens is 240 g/mol. The quantitative estimate of drug-likeness (QED) is 0.884. The molecule has 0 aliphatic rings. The van der Waals surface area contributed by atoms with E-state index in [0.29, 0.717) is 22.7 Å². The molecule has 0 spiro atoms. The number of ether oxygens (including phenoxy) is 1. The van der Waals surface area contributed by atoms with Gasteiger partial charge in [0, 0.05) is 23.6 Å². The topological polar surface area (TPSA) is 63.9 Å². The first-order valence-electron chi connectivity index (χ1n) is 5.29. The second kappa shape index (κ2) is 4.29. The van der Waals surface area contributed by atoms with E-state index in [1.165, 1.54) is 31.5 Å². The third kappa shape index (κ3) is 2.13. The molecule has 6 heteroatoms.